The molecule has 1 aliphatic heterocycles. The number of aromatic hydroxyl groups is 1. The van der Waals surface area contributed by atoms with Gasteiger partial charge in [0, 0.05) is 31.6 Å². The fraction of sp³-hybridized carbons (Fsp3) is 0.211. The maximum Gasteiger partial charge on any atom is 0.323 e. The van der Waals surface area contributed by atoms with Crippen LogP contribution >= 0.6 is 0 Å². The van der Waals surface area contributed by atoms with Gasteiger partial charge in [-0.3, -0.25) is 14.5 Å². The number of phenols is 1. The number of hydrogen-bond donors (Lipinski definition) is 3. The Morgan fingerprint density at radius 1 is 1.00 bits per heavy atom. The molecule has 0 aromatic heterocycles. The molecule has 8 heteroatoms. The Kier molecular flexibility index (Phi) is 5.37. The summed E-state index contributed by atoms with van der Waals surface area (Å²) in [7, 11) is 1.56. The van der Waals surface area contributed by atoms with Crippen LogP contribution < -0.4 is 10.6 Å². The number of imide groups is 1. The Bertz CT molecular complexity index is 879. The molecule has 0 fully saturated rings. The van der Waals surface area contributed by atoms with Crippen molar-refractivity contribution in [3.05, 3.63) is 53.6 Å². The minimum atomic E-state index is -0.505. The molecule has 3 rings (SSSR count). The van der Waals surface area contributed by atoms with Crippen LogP contribution in [0.3, 0.4) is 0 Å². The zero-order valence-corrected chi connectivity index (χ0v) is 14.7. The number of carbonyl (C=O) groups excluding carboxylic acids is 3. The van der Waals surface area contributed by atoms with Crippen LogP contribution in [0, 0.1) is 0 Å². The second kappa shape index (κ2) is 7.88. The lowest BCUT2D eigenvalue weighted by atomic mass is 10.1. The molecule has 2 aromatic rings. The quantitative estimate of drug-likeness (QED) is 0.412. The van der Waals surface area contributed by atoms with Crippen molar-refractivity contribution in [1.29, 1.82) is 0 Å². The average molecular weight is 369 g/mol. The Morgan fingerprint density at radius 2 is 1.63 bits per heavy atom. The third-order valence-electron chi connectivity index (χ3n) is 4.08. The molecule has 4 amide bonds. The molecule has 1 aliphatic rings. The lowest BCUT2D eigenvalue weighted by molar-refractivity contribution is 0.0638. The molecule has 8 nitrogen and oxygen atoms in total. The van der Waals surface area contributed by atoms with Gasteiger partial charge in [0.15, 0.2) is 0 Å². The Hall–Kier alpha value is -3.39. The van der Waals surface area contributed by atoms with E-state index in [0.29, 0.717) is 30.0 Å². The normalized spacial score (nSPS) is 12.9. The summed E-state index contributed by atoms with van der Waals surface area (Å²) in [6.07, 6.45) is 0.558. The van der Waals surface area contributed by atoms with E-state index in [1.807, 2.05) is 0 Å². The summed E-state index contributed by atoms with van der Waals surface area (Å²) in [6, 6.07) is 10.1. The molecule has 0 spiro atoms. The third-order valence-corrected chi connectivity index (χ3v) is 4.08. The van der Waals surface area contributed by atoms with Crippen molar-refractivity contribution in [3.63, 3.8) is 0 Å². The molecule has 27 heavy (non-hydrogen) atoms. The predicted molar refractivity (Wildman–Crippen MR) is 99.1 cm³/mol. The van der Waals surface area contributed by atoms with Gasteiger partial charge < -0.3 is 20.5 Å². The van der Waals surface area contributed by atoms with Crippen LogP contribution in [0.25, 0.3) is 0 Å². The van der Waals surface area contributed by atoms with E-state index in [-0.39, 0.29) is 29.7 Å². The number of nitrogens with one attached hydrogen (secondary N) is 2. The number of nitrogens with zero attached hydrogens (tertiary/aromatic N) is 1. The summed E-state index contributed by atoms with van der Waals surface area (Å²) in [5.41, 5.74) is 1.48. The fourth-order valence-corrected chi connectivity index (χ4v) is 2.78. The Labute approximate surface area is 155 Å². The predicted octanol–water partition coefficient (Wildman–Crippen LogP) is 2.67. The molecular weight excluding hydrogens is 350 g/mol. The van der Waals surface area contributed by atoms with Crippen molar-refractivity contribution in [2.75, 3.05) is 30.9 Å². The largest absolute Gasteiger partial charge is 0.508 e. The maximum absolute atomic E-state index is 12.5. The topological polar surface area (TPSA) is 108 Å². The molecule has 0 unspecified atom stereocenters. The van der Waals surface area contributed by atoms with Gasteiger partial charge in [-0.05, 0) is 48.9 Å². The second-order valence-electron chi connectivity index (χ2n) is 5.99. The first-order valence-corrected chi connectivity index (χ1v) is 8.36. The van der Waals surface area contributed by atoms with Gasteiger partial charge in [0.25, 0.3) is 11.8 Å². The molecule has 2 aromatic carbocycles. The van der Waals surface area contributed by atoms with Crippen molar-refractivity contribution in [1.82, 2.24) is 4.90 Å². The average Bonchev–Trinajstić information content (AvgIpc) is 2.88. The van der Waals surface area contributed by atoms with Crippen molar-refractivity contribution >= 4 is 29.2 Å². The minimum absolute atomic E-state index is 0.0952. The summed E-state index contributed by atoms with van der Waals surface area (Å²) in [4.78, 5) is 38.1. The summed E-state index contributed by atoms with van der Waals surface area (Å²) < 4.78 is 4.95. The molecule has 0 atom stereocenters. The van der Waals surface area contributed by atoms with Gasteiger partial charge >= 0.3 is 6.03 Å². The van der Waals surface area contributed by atoms with Crippen molar-refractivity contribution in [2.24, 2.45) is 0 Å². The number of rotatable bonds is 6. The van der Waals surface area contributed by atoms with Crippen LogP contribution in [0.15, 0.2) is 42.5 Å². The van der Waals surface area contributed by atoms with Crippen molar-refractivity contribution in [3.8, 4) is 5.75 Å². The van der Waals surface area contributed by atoms with Gasteiger partial charge in [-0.2, -0.15) is 0 Å². The van der Waals surface area contributed by atoms with E-state index in [9.17, 15) is 19.5 Å². The lowest BCUT2D eigenvalue weighted by Crippen LogP contribution is -2.31. The molecule has 0 aliphatic carbocycles. The number of phenolic OH excluding ortho intramolecular Hbond substituents is 1. The zero-order chi connectivity index (χ0) is 19.4. The molecule has 0 bridgehead atoms. The van der Waals surface area contributed by atoms with Crippen LogP contribution in [0.1, 0.15) is 27.1 Å². The third kappa shape index (κ3) is 4.06. The maximum atomic E-state index is 12.5. The van der Waals surface area contributed by atoms with Gasteiger partial charge in [-0.25, -0.2) is 4.79 Å². The number of fused-ring (bicyclic) bond motifs is 1. The first-order valence-electron chi connectivity index (χ1n) is 8.36. The number of urea groups is 1. The van der Waals surface area contributed by atoms with E-state index in [0.717, 1.165) is 0 Å². The number of ether oxygens (including phenoxy) is 1. The first kappa shape index (κ1) is 18.4. The second-order valence-corrected chi connectivity index (χ2v) is 5.99. The van der Waals surface area contributed by atoms with E-state index in [1.54, 1.807) is 25.3 Å². The SMILES string of the molecule is COCCCN1C(=O)c2ccc(NC(=O)Nc3ccc(O)cc3)cc2C1=O. The van der Waals surface area contributed by atoms with Crippen LogP contribution in [-0.2, 0) is 4.74 Å². The number of carbonyl (C=O) groups is 3. The van der Waals surface area contributed by atoms with Crippen molar-refractivity contribution < 1.29 is 24.2 Å². The van der Waals surface area contributed by atoms with Crippen LogP contribution in [0.5, 0.6) is 5.75 Å². The van der Waals surface area contributed by atoms with Crippen LogP contribution in [0.4, 0.5) is 16.2 Å². The van der Waals surface area contributed by atoms with Gasteiger partial charge in [0.2, 0.25) is 0 Å². The highest BCUT2D eigenvalue weighted by atomic mass is 16.5. The van der Waals surface area contributed by atoms with Crippen LogP contribution in [-0.4, -0.2) is 48.1 Å². The first-order chi connectivity index (χ1) is 13.0. The highest BCUT2D eigenvalue weighted by Crippen LogP contribution is 2.26. The summed E-state index contributed by atoms with van der Waals surface area (Å²) in [5, 5.41) is 14.5. The van der Waals surface area contributed by atoms with E-state index < -0.39 is 6.03 Å². The minimum Gasteiger partial charge on any atom is -0.508 e. The molecule has 0 saturated carbocycles. The molecule has 1 heterocycles. The number of amides is 4. The van der Waals surface area contributed by atoms with Gasteiger partial charge in [0.1, 0.15) is 5.75 Å². The number of anilines is 2. The van der Waals surface area contributed by atoms with E-state index in [2.05, 4.69) is 10.6 Å². The molecule has 0 saturated heterocycles. The standard InChI is InChI=1S/C19H19N3O5/c1-27-10-2-9-22-17(24)15-8-5-13(11-16(15)18(22)25)21-19(26)20-12-3-6-14(23)7-4-12/h3-8,11,23H,2,9-10H2,1H3,(H2,20,21,26). The highest BCUT2D eigenvalue weighted by Gasteiger charge is 2.35. The fourth-order valence-electron chi connectivity index (χ4n) is 2.78. The molecule has 3 N–H and O–H groups in total. The van der Waals surface area contributed by atoms with Gasteiger partial charge in [-0.15, -0.1) is 0 Å². The molecular formula is C19H19N3O5. The smallest absolute Gasteiger partial charge is 0.323 e. The van der Waals surface area contributed by atoms with Gasteiger partial charge in [-0.1, -0.05) is 0 Å². The summed E-state index contributed by atoms with van der Waals surface area (Å²) in [5.74, 6) is -0.627. The number of methoxy groups -OCH3 is 1. The van der Waals surface area contributed by atoms with E-state index >= 15 is 0 Å². The molecule has 140 valence electrons. The van der Waals surface area contributed by atoms with E-state index in [1.165, 1.54) is 29.2 Å². The number of benzene rings is 2. The summed E-state index contributed by atoms with van der Waals surface area (Å²) >= 11 is 0. The monoisotopic (exact) mass is 369 g/mol. The molecule has 0 radical (unpaired) electrons. The van der Waals surface area contributed by atoms with Crippen LogP contribution in [0.2, 0.25) is 0 Å². The zero-order valence-electron chi connectivity index (χ0n) is 14.7. The van der Waals surface area contributed by atoms with Gasteiger partial charge in [0.05, 0.1) is 11.1 Å². The van der Waals surface area contributed by atoms with E-state index in [4.69, 9.17) is 4.74 Å². The highest BCUT2D eigenvalue weighted by molar-refractivity contribution is 6.22. The summed E-state index contributed by atoms with van der Waals surface area (Å²) in [6.45, 7) is 0.738. The Balaban J connectivity index is 1.68. The Morgan fingerprint density at radius 3 is 2.33 bits per heavy atom. The number of hydrogen-bond acceptors (Lipinski definition) is 5. The van der Waals surface area contributed by atoms with Crippen molar-refractivity contribution in [2.45, 2.75) is 6.42 Å². The lowest BCUT2D eigenvalue weighted by Gasteiger charge is -2.12.